The lowest BCUT2D eigenvalue weighted by atomic mass is 9.98. The van der Waals surface area contributed by atoms with Crippen molar-refractivity contribution in [3.8, 4) is 22.3 Å². The van der Waals surface area contributed by atoms with Gasteiger partial charge in [-0.05, 0) is 59.5 Å². The van der Waals surface area contributed by atoms with Gasteiger partial charge in [0.05, 0.1) is 0 Å². The molecule has 0 spiro atoms. The zero-order chi connectivity index (χ0) is 18.8. The lowest BCUT2D eigenvalue weighted by molar-refractivity contribution is -0.114. The Morgan fingerprint density at radius 2 is 1.88 bits per heavy atom. The summed E-state index contributed by atoms with van der Waals surface area (Å²) in [4.78, 5) is 28.0. The number of benzene rings is 1. The van der Waals surface area contributed by atoms with Crippen LogP contribution in [0.25, 0.3) is 22.3 Å². The van der Waals surface area contributed by atoms with E-state index < -0.39 is 0 Å². The van der Waals surface area contributed by atoms with Crippen molar-refractivity contribution in [2.24, 2.45) is 7.05 Å². The first-order valence-corrected chi connectivity index (χ1v) is 8.16. The number of hydrogen-bond acceptors (Lipinski definition) is 4. The van der Waals surface area contributed by atoms with E-state index in [2.05, 4.69) is 10.3 Å². The van der Waals surface area contributed by atoms with E-state index in [1.807, 2.05) is 31.2 Å². The van der Waals surface area contributed by atoms with Gasteiger partial charge < -0.3 is 15.6 Å². The van der Waals surface area contributed by atoms with Crippen molar-refractivity contribution in [1.29, 1.82) is 0 Å². The summed E-state index contributed by atoms with van der Waals surface area (Å²) in [6.07, 6.45) is 3.36. The van der Waals surface area contributed by atoms with Gasteiger partial charge in [0.2, 0.25) is 5.91 Å². The monoisotopic (exact) mass is 348 g/mol. The van der Waals surface area contributed by atoms with E-state index in [9.17, 15) is 9.59 Å². The molecule has 6 heteroatoms. The van der Waals surface area contributed by atoms with Crippen LogP contribution in [0.2, 0.25) is 0 Å². The van der Waals surface area contributed by atoms with E-state index in [1.54, 1.807) is 36.1 Å². The highest BCUT2D eigenvalue weighted by atomic mass is 16.1. The predicted octanol–water partition coefficient (Wildman–Crippen LogP) is 2.96. The molecule has 3 aromatic rings. The van der Waals surface area contributed by atoms with E-state index in [1.165, 1.54) is 6.92 Å². The normalized spacial score (nSPS) is 10.6. The Balaban J connectivity index is 2.17. The summed E-state index contributed by atoms with van der Waals surface area (Å²) in [6, 6.07) is 11.0. The van der Waals surface area contributed by atoms with Crippen molar-refractivity contribution in [2.75, 3.05) is 11.1 Å². The molecule has 0 atom stereocenters. The van der Waals surface area contributed by atoms with Gasteiger partial charge in [-0.3, -0.25) is 9.59 Å². The van der Waals surface area contributed by atoms with Gasteiger partial charge in [0.25, 0.3) is 5.56 Å². The fraction of sp³-hybridized carbons (Fsp3) is 0.150. The summed E-state index contributed by atoms with van der Waals surface area (Å²) in [6.45, 7) is 3.41. The molecule has 2 aromatic heterocycles. The van der Waals surface area contributed by atoms with Gasteiger partial charge >= 0.3 is 0 Å². The van der Waals surface area contributed by atoms with E-state index in [4.69, 9.17) is 5.73 Å². The molecule has 0 bridgehead atoms. The van der Waals surface area contributed by atoms with Crippen LogP contribution in [0.1, 0.15) is 12.5 Å². The van der Waals surface area contributed by atoms with Gasteiger partial charge in [0.15, 0.2) is 0 Å². The molecule has 0 saturated carbocycles. The first-order chi connectivity index (χ1) is 12.3. The first-order valence-electron chi connectivity index (χ1n) is 8.16. The number of nitrogen functional groups attached to an aromatic ring is 1. The molecule has 3 N–H and O–H groups in total. The Kier molecular flexibility index (Phi) is 4.58. The minimum absolute atomic E-state index is 0.129. The third-order valence-electron chi connectivity index (χ3n) is 4.13. The highest BCUT2D eigenvalue weighted by Gasteiger charge is 2.11. The summed E-state index contributed by atoms with van der Waals surface area (Å²) in [5, 5.41) is 2.64. The predicted molar refractivity (Wildman–Crippen MR) is 104 cm³/mol. The summed E-state index contributed by atoms with van der Waals surface area (Å²) in [5.74, 6) is 0.189. The number of aromatic nitrogens is 2. The topological polar surface area (TPSA) is 90.0 Å². The average molecular weight is 348 g/mol. The molecular formula is C20H20N4O2. The molecule has 0 aliphatic carbocycles. The molecule has 6 nitrogen and oxygen atoms in total. The van der Waals surface area contributed by atoms with Crippen LogP contribution in [0.5, 0.6) is 0 Å². The molecule has 0 aliphatic heterocycles. The third-order valence-corrected chi connectivity index (χ3v) is 4.13. The van der Waals surface area contributed by atoms with Gasteiger partial charge in [0.1, 0.15) is 5.82 Å². The second kappa shape index (κ2) is 6.84. The van der Waals surface area contributed by atoms with Crippen LogP contribution in [0.3, 0.4) is 0 Å². The van der Waals surface area contributed by atoms with E-state index in [-0.39, 0.29) is 11.5 Å². The summed E-state index contributed by atoms with van der Waals surface area (Å²) >= 11 is 0. The maximum atomic E-state index is 12.7. The number of aryl methyl sites for hydroxylation is 2. The van der Waals surface area contributed by atoms with Crippen LogP contribution in [0.15, 0.2) is 53.6 Å². The molecule has 2 heterocycles. The summed E-state index contributed by atoms with van der Waals surface area (Å²) in [5.41, 5.74) is 10.6. The highest BCUT2D eigenvalue weighted by molar-refractivity contribution is 5.88. The molecule has 26 heavy (non-hydrogen) atoms. The van der Waals surface area contributed by atoms with Crippen LogP contribution in [0.4, 0.5) is 11.5 Å². The number of amides is 1. The number of carbonyl (C=O) groups is 1. The van der Waals surface area contributed by atoms with Crippen molar-refractivity contribution in [2.45, 2.75) is 13.8 Å². The molecule has 0 radical (unpaired) electrons. The van der Waals surface area contributed by atoms with Gasteiger partial charge in [-0.2, -0.15) is 0 Å². The number of pyridine rings is 2. The van der Waals surface area contributed by atoms with E-state index in [0.29, 0.717) is 22.6 Å². The Morgan fingerprint density at radius 1 is 1.12 bits per heavy atom. The van der Waals surface area contributed by atoms with Crippen LogP contribution < -0.4 is 16.6 Å². The number of carbonyl (C=O) groups excluding carboxylic acids is 1. The summed E-state index contributed by atoms with van der Waals surface area (Å²) < 4.78 is 1.55. The molecule has 0 unspecified atom stereocenters. The molecule has 0 aliphatic rings. The molecular weight excluding hydrogens is 328 g/mol. The van der Waals surface area contributed by atoms with Crippen molar-refractivity contribution in [3.63, 3.8) is 0 Å². The number of nitrogens with one attached hydrogen (secondary N) is 1. The Hall–Kier alpha value is -3.41. The maximum Gasteiger partial charge on any atom is 0.258 e. The number of nitrogens with zero attached hydrogens (tertiary/aromatic N) is 2. The van der Waals surface area contributed by atoms with Crippen molar-refractivity contribution in [3.05, 3.63) is 64.7 Å². The third kappa shape index (κ3) is 3.49. The number of anilines is 2. The highest BCUT2D eigenvalue weighted by Crippen LogP contribution is 2.28. The van der Waals surface area contributed by atoms with Crippen molar-refractivity contribution in [1.82, 2.24) is 9.55 Å². The van der Waals surface area contributed by atoms with Gasteiger partial charge in [0, 0.05) is 37.6 Å². The van der Waals surface area contributed by atoms with Gasteiger partial charge in [-0.1, -0.05) is 6.07 Å². The van der Waals surface area contributed by atoms with Crippen LogP contribution in [-0.2, 0) is 11.8 Å². The lowest BCUT2D eigenvalue weighted by Crippen LogP contribution is -2.18. The van der Waals surface area contributed by atoms with Crippen molar-refractivity contribution < 1.29 is 4.79 Å². The van der Waals surface area contributed by atoms with E-state index >= 15 is 0 Å². The Labute approximate surface area is 151 Å². The molecule has 0 saturated heterocycles. The van der Waals surface area contributed by atoms with Crippen LogP contribution >= 0.6 is 0 Å². The Morgan fingerprint density at radius 3 is 2.62 bits per heavy atom. The van der Waals surface area contributed by atoms with Crippen LogP contribution in [0, 0.1) is 6.92 Å². The SMILES string of the molecule is CC(=O)Nc1cc(-c2cc(-c3cc(N)ccc3C)cn(C)c2=O)ccn1. The second-order valence-corrected chi connectivity index (χ2v) is 6.24. The fourth-order valence-corrected chi connectivity index (χ4v) is 2.86. The standard InChI is InChI=1S/C20H20N4O2/c1-12-4-5-16(21)10-17(12)15-8-18(20(26)24(3)11-15)14-6-7-22-19(9-14)23-13(2)25/h4-11H,21H2,1-3H3,(H,22,23,25). The fourth-order valence-electron chi connectivity index (χ4n) is 2.86. The summed E-state index contributed by atoms with van der Waals surface area (Å²) in [7, 11) is 1.72. The maximum absolute atomic E-state index is 12.7. The molecule has 0 fully saturated rings. The average Bonchev–Trinajstić information content (AvgIpc) is 2.59. The minimum Gasteiger partial charge on any atom is -0.399 e. The van der Waals surface area contributed by atoms with Crippen LogP contribution in [-0.4, -0.2) is 15.5 Å². The molecule has 1 amide bonds. The molecule has 3 rings (SSSR count). The number of rotatable bonds is 3. The zero-order valence-electron chi connectivity index (χ0n) is 14.9. The largest absolute Gasteiger partial charge is 0.399 e. The van der Waals surface area contributed by atoms with Gasteiger partial charge in [-0.15, -0.1) is 0 Å². The second-order valence-electron chi connectivity index (χ2n) is 6.24. The lowest BCUT2D eigenvalue weighted by Gasteiger charge is -2.12. The van der Waals surface area contributed by atoms with Gasteiger partial charge in [-0.25, -0.2) is 4.98 Å². The number of nitrogens with two attached hydrogens (primary N) is 1. The first kappa shape index (κ1) is 17.4. The zero-order valence-corrected chi connectivity index (χ0v) is 14.9. The minimum atomic E-state index is -0.216. The molecule has 132 valence electrons. The smallest absolute Gasteiger partial charge is 0.258 e. The molecule has 1 aromatic carbocycles. The van der Waals surface area contributed by atoms with Crippen molar-refractivity contribution >= 4 is 17.4 Å². The Bertz CT molecular complexity index is 1050. The van der Waals surface area contributed by atoms with E-state index in [0.717, 1.165) is 16.7 Å². The quantitative estimate of drug-likeness (QED) is 0.712. The number of hydrogen-bond donors (Lipinski definition) is 2.